The zero-order valence-electron chi connectivity index (χ0n) is 16.0. The molecule has 0 N–H and O–H groups in total. The van der Waals surface area contributed by atoms with Gasteiger partial charge < -0.3 is 8.83 Å². The third-order valence-electron chi connectivity index (χ3n) is 5.62. The fourth-order valence-electron chi connectivity index (χ4n) is 4.23. The van der Waals surface area contributed by atoms with Gasteiger partial charge in [-0.25, -0.2) is 5.01 Å². The molecule has 1 unspecified atom stereocenters. The first-order valence-electron chi connectivity index (χ1n) is 9.86. The summed E-state index contributed by atoms with van der Waals surface area (Å²) in [6, 6.07) is 8.08. The lowest BCUT2D eigenvalue weighted by molar-refractivity contribution is -0.135. The van der Waals surface area contributed by atoms with Gasteiger partial charge in [-0.3, -0.25) is 9.69 Å². The van der Waals surface area contributed by atoms with Crippen molar-refractivity contribution in [1.82, 2.24) is 9.91 Å². The van der Waals surface area contributed by atoms with Crippen LogP contribution in [0.5, 0.6) is 0 Å². The molecule has 6 nitrogen and oxygen atoms in total. The summed E-state index contributed by atoms with van der Waals surface area (Å²) in [5.74, 6) is 1.47. The molecule has 1 saturated carbocycles. The van der Waals surface area contributed by atoms with Gasteiger partial charge in [0.25, 0.3) is 5.91 Å². The maximum absolute atomic E-state index is 13.2. The van der Waals surface area contributed by atoms with Crippen LogP contribution in [0.25, 0.3) is 0 Å². The highest BCUT2D eigenvalue weighted by atomic mass is 16.3. The molecule has 144 valence electrons. The number of hydrazone groups is 1. The van der Waals surface area contributed by atoms with Crippen LogP contribution in [0.1, 0.15) is 63.5 Å². The molecule has 6 heteroatoms. The van der Waals surface area contributed by atoms with E-state index in [1.165, 1.54) is 25.7 Å². The van der Waals surface area contributed by atoms with Gasteiger partial charge in [-0.1, -0.05) is 12.8 Å². The summed E-state index contributed by atoms with van der Waals surface area (Å²) in [6.45, 7) is 4.71. The van der Waals surface area contributed by atoms with Gasteiger partial charge in [0, 0.05) is 18.5 Å². The van der Waals surface area contributed by atoms with Crippen molar-refractivity contribution in [2.75, 3.05) is 6.54 Å². The fourth-order valence-corrected chi connectivity index (χ4v) is 4.23. The number of amides is 1. The highest BCUT2D eigenvalue weighted by Crippen LogP contribution is 2.34. The second-order valence-corrected chi connectivity index (χ2v) is 7.70. The van der Waals surface area contributed by atoms with E-state index < -0.39 is 0 Å². The van der Waals surface area contributed by atoms with Crippen molar-refractivity contribution in [1.29, 1.82) is 0 Å². The van der Waals surface area contributed by atoms with E-state index in [9.17, 15) is 4.79 Å². The van der Waals surface area contributed by atoms with Crippen molar-refractivity contribution in [3.05, 3.63) is 48.3 Å². The molecular formula is C21H27N3O3. The third-order valence-corrected chi connectivity index (χ3v) is 5.62. The van der Waals surface area contributed by atoms with Crippen molar-refractivity contribution < 1.29 is 13.6 Å². The fraction of sp³-hybridized carbons (Fsp3) is 0.524. The Bertz CT molecular complexity index is 774. The summed E-state index contributed by atoms with van der Waals surface area (Å²) >= 11 is 0. The van der Waals surface area contributed by atoms with Gasteiger partial charge in [-0.15, -0.1) is 0 Å². The van der Waals surface area contributed by atoms with Crippen LogP contribution >= 0.6 is 0 Å². The highest BCUT2D eigenvalue weighted by molar-refractivity contribution is 6.01. The van der Waals surface area contributed by atoms with Gasteiger partial charge in [0.2, 0.25) is 0 Å². The normalized spacial score (nSPS) is 20.8. The van der Waals surface area contributed by atoms with Gasteiger partial charge in [0.1, 0.15) is 23.3 Å². The van der Waals surface area contributed by atoms with E-state index in [0.29, 0.717) is 30.8 Å². The maximum atomic E-state index is 13.2. The van der Waals surface area contributed by atoms with Gasteiger partial charge in [-0.05, 0) is 51.0 Å². The topological polar surface area (TPSA) is 62.2 Å². The Kier molecular flexibility index (Phi) is 5.16. The van der Waals surface area contributed by atoms with Crippen LogP contribution in [0, 0.1) is 0 Å². The van der Waals surface area contributed by atoms with Crippen LogP contribution in [-0.2, 0) is 4.79 Å². The zero-order chi connectivity index (χ0) is 18.8. The summed E-state index contributed by atoms with van der Waals surface area (Å²) in [5.41, 5.74) is 0.784. The highest BCUT2D eigenvalue weighted by Gasteiger charge is 2.37. The van der Waals surface area contributed by atoms with E-state index in [0.717, 1.165) is 11.5 Å². The van der Waals surface area contributed by atoms with Crippen molar-refractivity contribution in [3.8, 4) is 0 Å². The molecule has 4 rings (SSSR count). The minimum atomic E-state index is -0.217. The first-order chi connectivity index (χ1) is 13.1. The summed E-state index contributed by atoms with van der Waals surface area (Å²) in [7, 11) is 0. The number of rotatable bonds is 6. The van der Waals surface area contributed by atoms with Gasteiger partial charge >= 0.3 is 0 Å². The molecule has 0 aromatic carbocycles. The quantitative estimate of drug-likeness (QED) is 0.765. The third kappa shape index (κ3) is 3.72. The van der Waals surface area contributed by atoms with Crippen LogP contribution in [0.15, 0.2) is 50.7 Å². The van der Waals surface area contributed by atoms with Crippen LogP contribution in [0.4, 0.5) is 0 Å². The lowest BCUT2D eigenvalue weighted by Gasteiger charge is -2.33. The molecule has 1 atom stereocenters. The molecule has 1 aliphatic carbocycles. The average Bonchev–Trinajstić information content (AvgIpc) is 3.45. The number of furan rings is 2. The minimum absolute atomic E-state index is 0.0126. The van der Waals surface area contributed by atoms with E-state index >= 15 is 0 Å². The van der Waals surface area contributed by atoms with E-state index in [2.05, 4.69) is 23.8 Å². The van der Waals surface area contributed by atoms with E-state index in [1.54, 1.807) is 17.5 Å². The predicted molar refractivity (Wildman–Crippen MR) is 102 cm³/mol. The SMILES string of the molecule is CC(C)N(CC(=O)N1N=C(c2ccco2)CC1c1ccco1)C1CCCC1. The molecule has 3 heterocycles. The van der Waals surface area contributed by atoms with Crippen LogP contribution < -0.4 is 0 Å². The molecule has 1 fully saturated rings. The van der Waals surface area contributed by atoms with Crippen molar-refractivity contribution in [2.45, 2.75) is 64.1 Å². The van der Waals surface area contributed by atoms with Crippen LogP contribution in [0.2, 0.25) is 0 Å². The first-order valence-corrected chi connectivity index (χ1v) is 9.86. The Morgan fingerprint density at radius 3 is 2.59 bits per heavy atom. The van der Waals surface area contributed by atoms with Gasteiger partial charge in [0.15, 0.2) is 0 Å². The Balaban J connectivity index is 1.56. The molecule has 0 radical (unpaired) electrons. The number of nitrogens with zero attached hydrogens (tertiary/aromatic N) is 3. The average molecular weight is 369 g/mol. The number of hydrogen-bond donors (Lipinski definition) is 0. The standard InChI is InChI=1S/C21H27N3O3/c1-15(2)23(16-7-3-4-8-16)14-21(25)24-18(20-10-6-12-27-20)13-17(22-24)19-9-5-11-26-19/h5-6,9-12,15-16,18H,3-4,7-8,13-14H2,1-2H3. The molecule has 2 aromatic rings. The Morgan fingerprint density at radius 1 is 1.22 bits per heavy atom. The van der Waals surface area contributed by atoms with Crippen LogP contribution in [-0.4, -0.2) is 40.2 Å². The summed E-state index contributed by atoms with van der Waals surface area (Å²) < 4.78 is 11.1. The largest absolute Gasteiger partial charge is 0.467 e. The maximum Gasteiger partial charge on any atom is 0.257 e. The molecular weight excluding hydrogens is 342 g/mol. The van der Waals surface area contributed by atoms with Crippen molar-refractivity contribution in [3.63, 3.8) is 0 Å². The van der Waals surface area contributed by atoms with Gasteiger partial charge in [0.05, 0.1) is 19.1 Å². The van der Waals surface area contributed by atoms with E-state index in [-0.39, 0.29) is 11.9 Å². The summed E-state index contributed by atoms with van der Waals surface area (Å²) in [5, 5.41) is 6.23. The zero-order valence-corrected chi connectivity index (χ0v) is 16.0. The Hall–Kier alpha value is -2.34. The summed E-state index contributed by atoms with van der Waals surface area (Å²) in [4.78, 5) is 15.6. The number of carbonyl (C=O) groups is 1. The van der Waals surface area contributed by atoms with Gasteiger partial charge in [-0.2, -0.15) is 5.10 Å². The smallest absolute Gasteiger partial charge is 0.257 e. The van der Waals surface area contributed by atoms with Crippen molar-refractivity contribution in [2.24, 2.45) is 5.10 Å². The Morgan fingerprint density at radius 2 is 1.96 bits per heavy atom. The lowest BCUT2D eigenvalue weighted by Crippen LogP contribution is -2.45. The van der Waals surface area contributed by atoms with Crippen molar-refractivity contribution >= 4 is 11.6 Å². The lowest BCUT2D eigenvalue weighted by atomic mass is 10.1. The molecule has 2 aromatic heterocycles. The second-order valence-electron chi connectivity index (χ2n) is 7.70. The monoisotopic (exact) mass is 369 g/mol. The molecule has 0 saturated heterocycles. The number of hydrogen-bond acceptors (Lipinski definition) is 5. The molecule has 0 spiro atoms. The first kappa shape index (κ1) is 18.0. The molecule has 1 amide bonds. The summed E-state index contributed by atoms with van der Waals surface area (Å²) in [6.07, 6.45) is 8.72. The predicted octanol–water partition coefficient (Wildman–Crippen LogP) is 4.20. The molecule has 1 aliphatic heterocycles. The molecule has 0 bridgehead atoms. The minimum Gasteiger partial charge on any atom is -0.467 e. The Labute approximate surface area is 159 Å². The van der Waals surface area contributed by atoms with E-state index in [4.69, 9.17) is 8.83 Å². The second kappa shape index (κ2) is 7.72. The number of carbonyl (C=O) groups excluding carboxylic acids is 1. The van der Waals surface area contributed by atoms with E-state index in [1.807, 2.05) is 24.3 Å². The van der Waals surface area contributed by atoms with Crippen LogP contribution in [0.3, 0.4) is 0 Å². The molecule has 27 heavy (non-hydrogen) atoms. The molecule has 2 aliphatic rings.